The number of nitrogens with zero attached hydrogens (tertiary/aromatic N) is 2. The normalized spacial score (nSPS) is 10.9. The first-order valence-electron chi connectivity index (χ1n) is 5.82. The van der Waals surface area contributed by atoms with Gasteiger partial charge in [0.15, 0.2) is 0 Å². The summed E-state index contributed by atoms with van der Waals surface area (Å²) in [6.07, 6.45) is 7.39. The second kappa shape index (κ2) is 8.58. The number of thioether (sulfide) groups is 1. The molecule has 5 heteroatoms. The minimum absolute atomic E-state index is 0.764. The zero-order valence-electron chi connectivity index (χ0n) is 10.2. The minimum atomic E-state index is 0.764. The Bertz CT molecular complexity index is 278. The lowest BCUT2D eigenvalue weighted by atomic mass is 10.2. The molecule has 16 heavy (non-hydrogen) atoms. The van der Waals surface area contributed by atoms with Crippen LogP contribution < -0.4 is 5.32 Å². The fourth-order valence-electron chi connectivity index (χ4n) is 1.47. The van der Waals surface area contributed by atoms with E-state index in [2.05, 4.69) is 26.5 Å². The Morgan fingerprint density at radius 3 is 2.69 bits per heavy atom. The predicted octanol–water partition coefficient (Wildman–Crippen LogP) is 2.39. The highest BCUT2D eigenvalue weighted by Crippen LogP contribution is 2.04. The van der Waals surface area contributed by atoms with Crippen LogP contribution in [0.2, 0.25) is 0 Å². The number of hydrogen-bond acceptors (Lipinski definition) is 5. The van der Waals surface area contributed by atoms with Crippen molar-refractivity contribution in [3.05, 3.63) is 11.4 Å². The molecule has 1 heterocycles. The van der Waals surface area contributed by atoms with Gasteiger partial charge in [0, 0.05) is 6.54 Å². The summed E-state index contributed by atoms with van der Waals surface area (Å²) in [6.45, 7) is 3.72. The molecule has 0 fully saturated rings. The van der Waals surface area contributed by atoms with Crippen LogP contribution in [-0.4, -0.2) is 28.9 Å². The van der Waals surface area contributed by atoms with E-state index >= 15 is 0 Å². The van der Waals surface area contributed by atoms with Gasteiger partial charge in [0.1, 0.15) is 11.4 Å². The van der Waals surface area contributed by atoms with Crippen molar-refractivity contribution in [3.63, 3.8) is 0 Å². The Kier molecular flexibility index (Phi) is 7.25. The highest BCUT2D eigenvalue weighted by molar-refractivity contribution is 7.98. The van der Waals surface area contributed by atoms with E-state index in [0.717, 1.165) is 24.5 Å². The maximum absolute atomic E-state index is 4.63. The highest BCUT2D eigenvalue weighted by Gasteiger charge is 2.02. The minimum Gasteiger partial charge on any atom is -0.311 e. The van der Waals surface area contributed by atoms with Crippen molar-refractivity contribution in [1.29, 1.82) is 0 Å². The van der Waals surface area contributed by atoms with Crippen molar-refractivity contribution in [2.75, 3.05) is 18.6 Å². The summed E-state index contributed by atoms with van der Waals surface area (Å²) < 4.78 is 4.63. The molecule has 0 saturated heterocycles. The van der Waals surface area contributed by atoms with E-state index in [1.54, 1.807) is 0 Å². The van der Waals surface area contributed by atoms with Crippen molar-refractivity contribution >= 4 is 11.8 Å². The van der Waals surface area contributed by atoms with Gasteiger partial charge in [-0.25, -0.2) is 4.63 Å². The quantitative estimate of drug-likeness (QED) is 0.675. The molecule has 1 aromatic rings. The molecule has 0 aliphatic rings. The van der Waals surface area contributed by atoms with Crippen molar-refractivity contribution in [2.45, 2.75) is 39.2 Å². The van der Waals surface area contributed by atoms with Gasteiger partial charge >= 0.3 is 0 Å². The van der Waals surface area contributed by atoms with E-state index in [0.29, 0.717) is 0 Å². The van der Waals surface area contributed by atoms with Crippen LogP contribution in [0.3, 0.4) is 0 Å². The van der Waals surface area contributed by atoms with Gasteiger partial charge in [-0.2, -0.15) is 11.8 Å². The fraction of sp³-hybridized carbons (Fsp3) is 0.818. The van der Waals surface area contributed by atoms with Gasteiger partial charge in [0.05, 0.1) is 0 Å². The SMILES string of the molecule is CSCCCCCCNCc1nonc1C. The molecule has 0 aromatic carbocycles. The van der Waals surface area contributed by atoms with Crippen LogP contribution in [0.1, 0.15) is 37.1 Å². The van der Waals surface area contributed by atoms with Crippen LogP contribution in [0.15, 0.2) is 4.63 Å². The van der Waals surface area contributed by atoms with Crippen molar-refractivity contribution in [1.82, 2.24) is 15.6 Å². The van der Waals surface area contributed by atoms with Crippen LogP contribution in [0, 0.1) is 6.92 Å². The summed E-state index contributed by atoms with van der Waals surface area (Å²) in [5.41, 5.74) is 1.80. The lowest BCUT2D eigenvalue weighted by molar-refractivity contribution is 0.300. The molecular weight excluding hydrogens is 222 g/mol. The molecular formula is C11H21N3OS. The number of hydrogen-bond donors (Lipinski definition) is 1. The van der Waals surface area contributed by atoms with E-state index in [-0.39, 0.29) is 0 Å². The van der Waals surface area contributed by atoms with Gasteiger partial charge in [0.2, 0.25) is 0 Å². The summed E-state index contributed by atoms with van der Waals surface area (Å²) in [5.74, 6) is 1.29. The first-order chi connectivity index (χ1) is 7.84. The molecule has 0 aliphatic carbocycles. The van der Waals surface area contributed by atoms with E-state index in [4.69, 9.17) is 0 Å². The molecule has 1 rings (SSSR count). The summed E-state index contributed by atoms with van der Waals surface area (Å²) in [5, 5.41) is 10.9. The van der Waals surface area contributed by atoms with Crippen LogP contribution in [0.4, 0.5) is 0 Å². The lowest BCUT2D eigenvalue weighted by Gasteiger charge is -2.02. The van der Waals surface area contributed by atoms with Crippen LogP contribution in [0.25, 0.3) is 0 Å². The molecule has 0 spiro atoms. The Morgan fingerprint density at radius 1 is 1.19 bits per heavy atom. The molecule has 0 unspecified atom stereocenters. The maximum Gasteiger partial charge on any atom is 0.121 e. The zero-order chi connectivity index (χ0) is 11.6. The largest absolute Gasteiger partial charge is 0.311 e. The standard InChI is InChI=1S/C11H21N3OS/c1-10-11(14-15-13-10)9-12-7-5-3-4-6-8-16-2/h12H,3-9H2,1-2H3. The number of rotatable bonds is 9. The topological polar surface area (TPSA) is 51.0 Å². The molecule has 0 amide bonds. The van der Waals surface area contributed by atoms with Crippen molar-refractivity contribution < 1.29 is 4.63 Å². The Balaban J connectivity index is 1.91. The van der Waals surface area contributed by atoms with E-state index in [1.165, 1.54) is 31.4 Å². The van der Waals surface area contributed by atoms with Gasteiger partial charge in [-0.15, -0.1) is 0 Å². The summed E-state index contributed by atoms with van der Waals surface area (Å²) in [6, 6.07) is 0. The lowest BCUT2D eigenvalue weighted by Crippen LogP contribution is -2.15. The van der Waals surface area contributed by atoms with E-state index < -0.39 is 0 Å². The predicted molar refractivity (Wildman–Crippen MR) is 67.6 cm³/mol. The summed E-state index contributed by atoms with van der Waals surface area (Å²) in [4.78, 5) is 0. The molecule has 0 bridgehead atoms. The first kappa shape index (κ1) is 13.5. The molecule has 92 valence electrons. The van der Waals surface area contributed by atoms with E-state index in [1.807, 2.05) is 18.7 Å². The van der Waals surface area contributed by atoms with Gasteiger partial charge in [-0.1, -0.05) is 23.2 Å². The third-order valence-corrected chi connectivity index (χ3v) is 3.19. The van der Waals surface area contributed by atoms with Crippen LogP contribution in [-0.2, 0) is 6.54 Å². The monoisotopic (exact) mass is 243 g/mol. The third kappa shape index (κ3) is 5.51. The third-order valence-electron chi connectivity index (χ3n) is 2.49. The Hall–Kier alpha value is -0.550. The van der Waals surface area contributed by atoms with Crippen LogP contribution >= 0.6 is 11.8 Å². The van der Waals surface area contributed by atoms with Gasteiger partial charge < -0.3 is 5.32 Å². The molecule has 0 saturated carbocycles. The highest BCUT2D eigenvalue weighted by atomic mass is 32.2. The van der Waals surface area contributed by atoms with E-state index in [9.17, 15) is 0 Å². The molecule has 1 N–H and O–H groups in total. The van der Waals surface area contributed by atoms with Gasteiger partial charge in [-0.05, 0) is 38.3 Å². The maximum atomic E-state index is 4.63. The summed E-state index contributed by atoms with van der Waals surface area (Å²) >= 11 is 1.93. The molecule has 1 aromatic heterocycles. The number of unbranched alkanes of at least 4 members (excludes halogenated alkanes) is 3. The smallest absolute Gasteiger partial charge is 0.121 e. The second-order valence-corrected chi connectivity index (χ2v) is 4.87. The Labute approximate surface area is 102 Å². The second-order valence-electron chi connectivity index (χ2n) is 3.88. The number of aryl methyl sites for hydroxylation is 1. The molecule has 0 radical (unpaired) electrons. The van der Waals surface area contributed by atoms with Crippen LogP contribution in [0.5, 0.6) is 0 Å². The Morgan fingerprint density at radius 2 is 2.00 bits per heavy atom. The molecule has 0 atom stereocenters. The average molecular weight is 243 g/mol. The fourth-order valence-corrected chi connectivity index (χ4v) is 1.96. The molecule has 0 aliphatic heterocycles. The van der Waals surface area contributed by atoms with Crippen molar-refractivity contribution in [3.8, 4) is 0 Å². The first-order valence-corrected chi connectivity index (χ1v) is 7.21. The summed E-state index contributed by atoms with van der Waals surface area (Å²) in [7, 11) is 0. The van der Waals surface area contributed by atoms with Gasteiger partial charge in [0.25, 0.3) is 0 Å². The molecule has 4 nitrogen and oxygen atoms in total. The van der Waals surface area contributed by atoms with Gasteiger partial charge in [-0.3, -0.25) is 0 Å². The zero-order valence-corrected chi connectivity index (χ0v) is 11.0. The number of nitrogens with one attached hydrogen (secondary N) is 1. The average Bonchev–Trinajstić information content (AvgIpc) is 2.68. The number of aromatic nitrogens is 2. The van der Waals surface area contributed by atoms with Crippen molar-refractivity contribution in [2.24, 2.45) is 0 Å².